The molecule has 0 bridgehead atoms. The van der Waals surface area contributed by atoms with Gasteiger partial charge in [-0.15, -0.1) is 0 Å². The molecule has 1 fully saturated rings. The van der Waals surface area contributed by atoms with Crippen molar-refractivity contribution in [1.82, 2.24) is 14.5 Å². The molecule has 1 aliphatic rings. The lowest BCUT2D eigenvalue weighted by atomic mass is 10.1. The Balaban J connectivity index is 1.88. The average Bonchev–Trinajstić information content (AvgIpc) is 3.19. The molecule has 1 aliphatic heterocycles. The zero-order valence-electron chi connectivity index (χ0n) is 15.4. The molecule has 6 nitrogen and oxygen atoms in total. The number of aromatic nitrogens is 3. The summed E-state index contributed by atoms with van der Waals surface area (Å²) in [6.07, 6.45) is -2.04. The Labute approximate surface area is 164 Å². The summed E-state index contributed by atoms with van der Waals surface area (Å²) < 4.78 is 42.0. The van der Waals surface area contributed by atoms with Crippen molar-refractivity contribution in [1.29, 1.82) is 0 Å². The molecule has 0 spiro atoms. The van der Waals surface area contributed by atoms with Crippen LogP contribution in [-0.4, -0.2) is 32.8 Å². The van der Waals surface area contributed by atoms with Crippen molar-refractivity contribution in [3.05, 3.63) is 64.3 Å². The van der Waals surface area contributed by atoms with Crippen LogP contribution in [0.15, 0.2) is 47.4 Å². The Morgan fingerprint density at radius 2 is 1.97 bits per heavy atom. The van der Waals surface area contributed by atoms with E-state index in [-0.39, 0.29) is 24.5 Å². The number of fused-ring (bicyclic) bond motifs is 1. The number of anilines is 1. The quantitative estimate of drug-likeness (QED) is 0.724. The zero-order valence-corrected chi connectivity index (χ0v) is 15.4. The van der Waals surface area contributed by atoms with Crippen LogP contribution in [0.3, 0.4) is 0 Å². The zero-order chi connectivity index (χ0) is 20.6. The second-order valence-electron chi connectivity index (χ2n) is 6.89. The highest BCUT2D eigenvalue weighted by Crippen LogP contribution is 2.41. The van der Waals surface area contributed by atoms with Gasteiger partial charge in [0.15, 0.2) is 0 Å². The first-order chi connectivity index (χ1) is 13.9. The van der Waals surface area contributed by atoms with Crippen LogP contribution in [0.25, 0.3) is 10.9 Å². The molecule has 1 unspecified atom stereocenters. The minimum absolute atomic E-state index is 0.0185. The summed E-state index contributed by atoms with van der Waals surface area (Å²) in [5.74, 6) is 0.180. The molecule has 0 amide bonds. The van der Waals surface area contributed by atoms with Crippen LogP contribution in [0.1, 0.15) is 30.3 Å². The van der Waals surface area contributed by atoms with Crippen LogP contribution in [0.4, 0.5) is 19.0 Å². The highest BCUT2D eigenvalue weighted by atomic mass is 19.4. The molecule has 0 saturated carbocycles. The maximum Gasteiger partial charge on any atom is 0.419 e. The normalized spacial score (nSPS) is 17.2. The number of aliphatic hydroxyl groups is 1. The molecule has 9 heteroatoms. The summed E-state index contributed by atoms with van der Waals surface area (Å²) in [5.41, 5.74) is -0.655. The minimum atomic E-state index is -4.54. The van der Waals surface area contributed by atoms with Crippen molar-refractivity contribution in [3.8, 4) is 0 Å². The third-order valence-electron chi connectivity index (χ3n) is 5.13. The first-order valence-electron chi connectivity index (χ1n) is 9.31. The van der Waals surface area contributed by atoms with Crippen molar-refractivity contribution in [2.24, 2.45) is 0 Å². The molecule has 1 saturated heterocycles. The number of hydrogen-bond acceptors (Lipinski definition) is 5. The van der Waals surface area contributed by atoms with Gasteiger partial charge in [0.2, 0.25) is 0 Å². The van der Waals surface area contributed by atoms with Gasteiger partial charge < -0.3 is 10.0 Å². The molecule has 0 aliphatic carbocycles. The number of halogens is 3. The number of para-hydroxylation sites is 1. The third kappa shape index (κ3) is 3.46. The first-order valence-corrected chi connectivity index (χ1v) is 9.31. The lowest BCUT2D eigenvalue weighted by Gasteiger charge is -2.29. The molecule has 29 heavy (non-hydrogen) atoms. The second kappa shape index (κ2) is 7.47. The Morgan fingerprint density at radius 1 is 1.17 bits per heavy atom. The fourth-order valence-corrected chi connectivity index (χ4v) is 3.89. The van der Waals surface area contributed by atoms with E-state index in [2.05, 4.69) is 9.97 Å². The summed E-state index contributed by atoms with van der Waals surface area (Å²) in [6, 6.07) is 8.54. The lowest BCUT2D eigenvalue weighted by molar-refractivity contribution is -0.137. The van der Waals surface area contributed by atoms with Gasteiger partial charge in [0.05, 0.1) is 35.7 Å². The third-order valence-corrected chi connectivity index (χ3v) is 5.13. The summed E-state index contributed by atoms with van der Waals surface area (Å²) in [4.78, 5) is 23.1. The Morgan fingerprint density at radius 3 is 2.72 bits per heavy atom. The van der Waals surface area contributed by atoms with E-state index in [1.807, 2.05) is 0 Å². The maximum atomic E-state index is 13.5. The average molecular weight is 404 g/mol. The van der Waals surface area contributed by atoms with Crippen molar-refractivity contribution < 1.29 is 18.3 Å². The van der Waals surface area contributed by atoms with Gasteiger partial charge in [-0.05, 0) is 37.1 Å². The molecule has 1 N–H and O–H groups in total. The van der Waals surface area contributed by atoms with Gasteiger partial charge in [-0.3, -0.25) is 9.36 Å². The molecule has 4 rings (SSSR count). The highest BCUT2D eigenvalue weighted by molar-refractivity contribution is 5.77. The Kier molecular flexibility index (Phi) is 4.99. The van der Waals surface area contributed by atoms with E-state index < -0.39 is 17.8 Å². The van der Waals surface area contributed by atoms with Gasteiger partial charge >= 0.3 is 6.18 Å². The number of benzene rings is 1. The van der Waals surface area contributed by atoms with Gasteiger partial charge in [-0.25, -0.2) is 9.97 Å². The second-order valence-corrected chi connectivity index (χ2v) is 6.89. The minimum Gasteiger partial charge on any atom is -0.395 e. The SMILES string of the molecule is O=c1c2ccccc2nc(C2CCCN2c2ncccc2C(F)(F)F)n1CCO. The number of pyridine rings is 1. The monoisotopic (exact) mass is 404 g/mol. The number of hydrogen-bond donors (Lipinski definition) is 1. The lowest BCUT2D eigenvalue weighted by Crippen LogP contribution is -2.34. The van der Waals surface area contributed by atoms with Crippen molar-refractivity contribution >= 4 is 16.7 Å². The van der Waals surface area contributed by atoms with Gasteiger partial charge in [-0.1, -0.05) is 12.1 Å². The van der Waals surface area contributed by atoms with E-state index in [1.165, 1.54) is 16.8 Å². The molecular weight excluding hydrogens is 385 g/mol. The maximum absolute atomic E-state index is 13.5. The number of nitrogens with zero attached hydrogens (tertiary/aromatic N) is 4. The smallest absolute Gasteiger partial charge is 0.395 e. The van der Waals surface area contributed by atoms with Crippen LogP contribution in [-0.2, 0) is 12.7 Å². The topological polar surface area (TPSA) is 71.2 Å². The van der Waals surface area contributed by atoms with Crippen molar-refractivity contribution in [3.63, 3.8) is 0 Å². The molecule has 2 aromatic heterocycles. The molecule has 1 atom stereocenters. The fourth-order valence-electron chi connectivity index (χ4n) is 3.89. The first kappa shape index (κ1) is 19.4. The number of rotatable bonds is 4. The Bertz CT molecular complexity index is 1100. The number of aliphatic hydroxyl groups excluding tert-OH is 1. The summed E-state index contributed by atoms with van der Waals surface area (Å²) >= 11 is 0. The van der Waals surface area contributed by atoms with Gasteiger partial charge in [0.1, 0.15) is 11.6 Å². The van der Waals surface area contributed by atoms with E-state index in [0.717, 1.165) is 6.07 Å². The van der Waals surface area contributed by atoms with Crippen LogP contribution >= 0.6 is 0 Å². The Hall–Kier alpha value is -2.94. The van der Waals surface area contributed by atoms with Crippen LogP contribution in [0.2, 0.25) is 0 Å². The summed E-state index contributed by atoms with van der Waals surface area (Å²) in [5, 5.41) is 9.86. The molecule has 1 aromatic carbocycles. The molecule has 152 valence electrons. The standard InChI is InChI=1S/C20H19F3N4O2/c21-20(22,23)14-6-3-9-24-17(14)26-10-4-8-16(26)18-25-15-7-2-1-5-13(15)19(29)27(18)11-12-28/h1-3,5-7,9,16,28H,4,8,10-12H2. The van der Waals surface area contributed by atoms with Gasteiger partial charge in [-0.2, -0.15) is 13.2 Å². The molecule has 3 aromatic rings. The van der Waals surface area contributed by atoms with E-state index in [0.29, 0.717) is 36.1 Å². The van der Waals surface area contributed by atoms with E-state index in [9.17, 15) is 23.1 Å². The van der Waals surface area contributed by atoms with Crippen LogP contribution in [0.5, 0.6) is 0 Å². The van der Waals surface area contributed by atoms with Gasteiger partial charge in [0, 0.05) is 12.7 Å². The van der Waals surface area contributed by atoms with E-state index in [1.54, 1.807) is 29.2 Å². The van der Waals surface area contributed by atoms with E-state index in [4.69, 9.17) is 0 Å². The predicted octanol–water partition coefficient (Wildman–Crippen LogP) is 3.14. The van der Waals surface area contributed by atoms with Gasteiger partial charge in [0.25, 0.3) is 5.56 Å². The highest BCUT2D eigenvalue weighted by Gasteiger charge is 2.39. The predicted molar refractivity (Wildman–Crippen MR) is 102 cm³/mol. The van der Waals surface area contributed by atoms with Crippen LogP contribution in [0, 0.1) is 0 Å². The van der Waals surface area contributed by atoms with Crippen molar-refractivity contribution in [2.45, 2.75) is 31.6 Å². The molecule has 0 radical (unpaired) electrons. The summed E-state index contributed by atoms with van der Waals surface area (Å²) in [6.45, 7) is 0.105. The van der Waals surface area contributed by atoms with Crippen LogP contribution < -0.4 is 10.5 Å². The number of alkyl halides is 3. The summed E-state index contributed by atoms with van der Waals surface area (Å²) in [7, 11) is 0. The largest absolute Gasteiger partial charge is 0.419 e. The fraction of sp³-hybridized carbons (Fsp3) is 0.350. The van der Waals surface area contributed by atoms with E-state index >= 15 is 0 Å². The molecule has 3 heterocycles. The van der Waals surface area contributed by atoms with Crippen molar-refractivity contribution in [2.75, 3.05) is 18.1 Å². The molecular formula is C20H19F3N4O2.